The van der Waals surface area contributed by atoms with Crippen LogP contribution in [0.4, 0.5) is 0 Å². The highest BCUT2D eigenvalue weighted by Crippen LogP contribution is 2.12. The average Bonchev–Trinajstić information content (AvgIpc) is 2.74. The lowest BCUT2D eigenvalue weighted by Crippen LogP contribution is -2.27. The molecule has 1 saturated heterocycles. The maximum absolute atomic E-state index is 11.7. The van der Waals surface area contributed by atoms with Gasteiger partial charge in [-0.3, -0.25) is 9.63 Å². The summed E-state index contributed by atoms with van der Waals surface area (Å²) in [6, 6.07) is 7.29. The molecule has 2 rings (SSSR count). The van der Waals surface area contributed by atoms with Gasteiger partial charge in [0.25, 0.3) is 5.91 Å². The van der Waals surface area contributed by atoms with Crippen molar-refractivity contribution in [3.05, 3.63) is 34.9 Å². The zero-order valence-electron chi connectivity index (χ0n) is 8.28. The molecule has 0 unspecified atom stereocenters. The Hall–Kier alpha value is -1.06. The first-order chi connectivity index (χ1) is 7.25. The molecular weight excluding hydrogens is 214 g/mol. The monoisotopic (exact) mass is 225 g/mol. The number of carbonyl (C=O) groups is 1. The number of carbonyl (C=O) groups excluding carboxylic acids is 1. The predicted octanol–water partition coefficient (Wildman–Crippen LogP) is 2.05. The van der Waals surface area contributed by atoms with Gasteiger partial charge < -0.3 is 0 Å². The molecule has 1 aliphatic heterocycles. The zero-order chi connectivity index (χ0) is 10.7. The second-order valence-electron chi connectivity index (χ2n) is 3.49. The van der Waals surface area contributed by atoms with Gasteiger partial charge in [0, 0.05) is 5.02 Å². The molecular formula is C11H12ClNO2. The highest BCUT2D eigenvalue weighted by molar-refractivity contribution is 6.30. The topological polar surface area (TPSA) is 29.5 Å². The summed E-state index contributed by atoms with van der Waals surface area (Å²) in [7, 11) is 0. The molecule has 4 heteroatoms. The van der Waals surface area contributed by atoms with Crippen LogP contribution in [0.1, 0.15) is 12.0 Å². The largest absolute Gasteiger partial charge is 0.272 e. The lowest BCUT2D eigenvalue weighted by atomic mass is 10.1. The molecule has 3 nitrogen and oxygen atoms in total. The fourth-order valence-electron chi connectivity index (χ4n) is 1.51. The van der Waals surface area contributed by atoms with E-state index in [1.165, 1.54) is 5.06 Å². The lowest BCUT2D eigenvalue weighted by Gasteiger charge is -2.13. The molecule has 0 aliphatic carbocycles. The summed E-state index contributed by atoms with van der Waals surface area (Å²) in [6.45, 7) is 1.35. The van der Waals surface area contributed by atoms with Crippen molar-refractivity contribution < 1.29 is 9.63 Å². The molecule has 0 spiro atoms. The molecule has 0 atom stereocenters. The number of benzene rings is 1. The third kappa shape index (κ3) is 2.70. The second kappa shape index (κ2) is 4.64. The summed E-state index contributed by atoms with van der Waals surface area (Å²) in [5, 5.41) is 2.12. The molecule has 80 valence electrons. The Morgan fingerprint density at radius 1 is 1.40 bits per heavy atom. The molecule has 1 fully saturated rings. The van der Waals surface area contributed by atoms with Gasteiger partial charge in [0.2, 0.25) is 0 Å². The molecule has 1 amide bonds. The Bertz CT molecular complexity index is 344. The minimum absolute atomic E-state index is 0.00909. The number of rotatable bonds is 2. The molecule has 1 aromatic carbocycles. The van der Waals surface area contributed by atoms with Gasteiger partial charge in [-0.2, -0.15) is 0 Å². The number of hydrogen-bond donors (Lipinski definition) is 0. The van der Waals surface area contributed by atoms with E-state index in [4.69, 9.17) is 16.4 Å². The van der Waals surface area contributed by atoms with Gasteiger partial charge >= 0.3 is 0 Å². The number of hydrogen-bond acceptors (Lipinski definition) is 2. The molecule has 15 heavy (non-hydrogen) atoms. The van der Waals surface area contributed by atoms with Gasteiger partial charge in [0.15, 0.2) is 0 Å². The highest BCUT2D eigenvalue weighted by Gasteiger charge is 2.18. The van der Waals surface area contributed by atoms with Crippen molar-refractivity contribution in [2.75, 3.05) is 13.2 Å². The Morgan fingerprint density at radius 3 is 2.73 bits per heavy atom. The summed E-state index contributed by atoms with van der Waals surface area (Å²) in [6.07, 6.45) is 1.30. The van der Waals surface area contributed by atoms with Crippen LogP contribution in [0.25, 0.3) is 0 Å². The summed E-state index contributed by atoms with van der Waals surface area (Å²) in [5.74, 6) is 0.00909. The fraction of sp³-hybridized carbons (Fsp3) is 0.364. The molecule has 0 bridgehead atoms. The van der Waals surface area contributed by atoms with Gasteiger partial charge in [0.05, 0.1) is 19.6 Å². The maximum Gasteiger partial charge on any atom is 0.250 e. The van der Waals surface area contributed by atoms with E-state index in [9.17, 15) is 4.79 Å². The Kier molecular flexibility index (Phi) is 3.23. The van der Waals surface area contributed by atoms with Gasteiger partial charge in [-0.25, -0.2) is 5.06 Å². The van der Waals surface area contributed by atoms with E-state index >= 15 is 0 Å². The van der Waals surface area contributed by atoms with Crippen molar-refractivity contribution in [2.45, 2.75) is 12.8 Å². The zero-order valence-corrected chi connectivity index (χ0v) is 9.04. The average molecular weight is 226 g/mol. The number of nitrogens with zero attached hydrogens (tertiary/aromatic N) is 1. The Labute approximate surface area is 93.5 Å². The van der Waals surface area contributed by atoms with Crippen LogP contribution >= 0.6 is 11.6 Å². The molecule has 0 saturated carbocycles. The van der Waals surface area contributed by atoms with E-state index in [0.29, 0.717) is 24.6 Å². The summed E-state index contributed by atoms with van der Waals surface area (Å²) >= 11 is 5.76. The minimum Gasteiger partial charge on any atom is -0.272 e. The number of hydroxylamine groups is 2. The van der Waals surface area contributed by atoms with Crippen molar-refractivity contribution in [1.29, 1.82) is 0 Å². The van der Waals surface area contributed by atoms with Crippen LogP contribution < -0.4 is 0 Å². The highest BCUT2D eigenvalue weighted by atomic mass is 35.5. The standard InChI is InChI=1S/C11H12ClNO2/c12-10-4-2-9(3-5-10)8-11(14)13-6-1-7-15-13/h2-5H,1,6-8H2. The van der Waals surface area contributed by atoms with Crippen LogP contribution in [0.2, 0.25) is 5.02 Å². The predicted molar refractivity (Wildman–Crippen MR) is 57.4 cm³/mol. The van der Waals surface area contributed by atoms with E-state index in [1.54, 1.807) is 12.1 Å². The summed E-state index contributed by atoms with van der Waals surface area (Å²) in [4.78, 5) is 16.8. The summed E-state index contributed by atoms with van der Waals surface area (Å²) in [5.41, 5.74) is 0.958. The van der Waals surface area contributed by atoms with Crippen molar-refractivity contribution >= 4 is 17.5 Å². The van der Waals surface area contributed by atoms with Crippen molar-refractivity contribution in [3.63, 3.8) is 0 Å². The quantitative estimate of drug-likeness (QED) is 0.771. The van der Waals surface area contributed by atoms with Crippen LogP contribution in [0.5, 0.6) is 0 Å². The molecule has 1 aliphatic rings. The molecule has 1 aromatic rings. The second-order valence-corrected chi connectivity index (χ2v) is 3.92. The molecule has 0 radical (unpaired) electrons. The number of halogens is 1. The van der Waals surface area contributed by atoms with Crippen LogP contribution in [0, 0.1) is 0 Å². The van der Waals surface area contributed by atoms with E-state index in [1.807, 2.05) is 12.1 Å². The number of amides is 1. The summed E-state index contributed by atoms with van der Waals surface area (Å²) < 4.78 is 0. The van der Waals surface area contributed by atoms with Gasteiger partial charge in [0.1, 0.15) is 0 Å². The van der Waals surface area contributed by atoms with Crippen molar-refractivity contribution in [1.82, 2.24) is 5.06 Å². The van der Waals surface area contributed by atoms with Crippen LogP contribution in [-0.2, 0) is 16.1 Å². The van der Waals surface area contributed by atoms with Gasteiger partial charge in [-0.1, -0.05) is 23.7 Å². The maximum atomic E-state index is 11.7. The minimum atomic E-state index is 0.00909. The van der Waals surface area contributed by atoms with E-state index in [-0.39, 0.29) is 5.91 Å². The Morgan fingerprint density at radius 2 is 2.13 bits per heavy atom. The third-order valence-corrected chi connectivity index (χ3v) is 2.55. The first kappa shape index (κ1) is 10.5. The molecule has 1 heterocycles. The van der Waals surface area contributed by atoms with Crippen LogP contribution in [0.15, 0.2) is 24.3 Å². The fourth-order valence-corrected chi connectivity index (χ4v) is 1.64. The van der Waals surface area contributed by atoms with Crippen molar-refractivity contribution in [2.24, 2.45) is 0 Å². The van der Waals surface area contributed by atoms with Gasteiger partial charge in [-0.15, -0.1) is 0 Å². The third-order valence-electron chi connectivity index (χ3n) is 2.30. The smallest absolute Gasteiger partial charge is 0.250 e. The molecule has 0 aromatic heterocycles. The van der Waals surface area contributed by atoms with E-state index in [2.05, 4.69) is 0 Å². The Balaban J connectivity index is 1.96. The lowest BCUT2D eigenvalue weighted by molar-refractivity contribution is -0.167. The van der Waals surface area contributed by atoms with Gasteiger partial charge in [-0.05, 0) is 24.1 Å². The van der Waals surface area contributed by atoms with E-state index < -0.39 is 0 Å². The SMILES string of the molecule is O=C(Cc1ccc(Cl)cc1)N1CCCO1. The first-order valence-corrected chi connectivity index (χ1v) is 5.31. The van der Waals surface area contributed by atoms with Crippen molar-refractivity contribution in [3.8, 4) is 0 Å². The van der Waals surface area contributed by atoms with Crippen LogP contribution in [-0.4, -0.2) is 24.1 Å². The molecule has 0 N–H and O–H groups in total. The normalized spacial score (nSPS) is 15.7. The van der Waals surface area contributed by atoms with Crippen LogP contribution in [0.3, 0.4) is 0 Å². The van der Waals surface area contributed by atoms with E-state index in [0.717, 1.165) is 12.0 Å². The first-order valence-electron chi connectivity index (χ1n) is 4.93.